The van der Waals surface area contributed by atoms with E-state index < -0.39 is 0 Å². The molecule has 0 unspecified atom stereocenters. The molecular formula is C56H38N4. The van der Waals surface area contributed by atoms with Crippen LogP contribution in [0, 0.1) is 0 Å². The summed E-state index contributed by atoms with van der Waals surface area (Å²) in [6, 6.07) is 67.3. The molecule has 0 aliphatic heterocycles. The number of benzene rings is 8. The van der Waals surface area contributed by atoms with E-state index in [1.165, 1.54) is 71.9 Å². The zero-order chi connectivity index (χ0) is 40.0. The van der Waals surface area contributed by atoms with E-state index in [1.807, 2.05) is 36.4 Å². The third-order valence-electron chi connectivity index (χ3n) is 12.6. The van der Waals surface area contributed by atoms with Gasteiger partial charge in [0.2, 0.25) is 0 Å². The van der Waals surface area contributed by atoms with Gasteiger partial charge in [0.1, 0.15) is 0 Å². The summed E-state index contributed by atoms with van der Waals surface area (Å²) in [4.78, 5) is 15.3. The molecule has 8 aromatic carbocycles. The van der Waals surface area contributed by atoms with E-state index in [2.05, 4.69) is 176 Å². The van der Waals surface area contributed by atoms with Gasteiger partial charge in [0.05, 0.1) is 16.7 Å². The summed E-state index contributed by atoms with van der Waals surface area (Å²) < 4.78 is 2.48. The Morgan fingerprint density at radius 1 is 0.400 bits per heavy atom. The number of fused-ring (bicyclic) bond motifs is 9. The van der Waals surface area contributed by atoms with Crippen LogP contribution in [0.25, 0.3) is 95.6 Å². The predicted octanol–water partition coefficient (Wildman–Crippen LogP) is 13.8. The molecule has 0 bridgehead atoms. The Kier molecular flexibility index (Phi) is 7.54. The Bertz CT molecular complexity index is 3290. The average Bonchev–Trinajstić information content (AvgIpc) is 3.88. The molecular weight excluding hydrogens is 729 g/mol. The maximum Gasteiger partial charge on any atom is 0.164 e. The molecule has 4 heteroatoms. The van der Waals surface area contributed by atoms with Crippen LogP contribution in [0.5, 0.6) is 0 Å². The van der Waals surface area contributed by atoms with Gasteiger partial charge in [0.25, 0.3) is 0 Å². The largest absolute Gasteiger partial charge is 0.309 e. The highest BCUT2D eigenvalue weighted by Gasteiger charge is 2.36. The molecule has 2 heterocycles. The first-order chi connectivity index (χ1) is 29.5. The lowest BCUT2D eigenvalue weighted by Crippen LogP contribution is -2.15. The maximum absolute atomic E-state index is 5.16. The lowest BCUT2D eigenvalue weighted by molar-refractivity contribution is 0.661. The fraction of sp³-hybridized carbons (Fsp3) is 0.0536. The molecule has 282 valence electrons. The smallest absolute Gasteiger partial charge is 0.164 e. The molecule has 0 saturated carbocycles. The van der Waals surface area contributed by atoms with E-state index in [0.717, 1.165) is 27.9 Å². The normalized spacial score (nSPS) is 13.3. The highest BCUT2D eigenvalue weighted by molar-refractivity contribution is 6.13. The van der Waals surface area contributed by atoms with Crippen LogP contribution in [0.15, 0.2) is 188 Å². The molecule has 10 aromatic rings. The number of nitrogens with zero attached hydrogens (tertiary/aromatic N) is 4. The third kappa shape index (κ3) is 5.20. The monoisotopic (exact) mass is 766 g/mol. The lowest BCUT2D eigenvalue weighted by Gasteiger charge is -2.22. The van der Waals surface area contributed by atoms with Gasteiger partial charge < -0.3 is 4.57 Å². The van der Waals surface area contributed by atoms with E-state index in [-0.39, 0.29) is 5.41 Å². The average molecular weight is 767 g/mol. The Morgan fingerprint density at radius 3 is 1.58 bits per heavy atom. The molecule has 0 saturated heterocycles. The van der Waals surface area contributed by atoms with Gasteiger partial charge in [-0.25, -0.2) is 15.0 Å². The van der Waals surface area contributed by atoms with Gasteiger partial charge in [-0.1, -0.05) is 166 Å². The van der Waals surface area contributed by atoms with Crippen LogP contribution in [0.2, 0.25) is 0 Å². The molecule has 0 spiro atoms. The minimum atomic E-state index is -0.140. The van der Waals surface area contributed by atoms with Gasteiger partial charge in [0.15, 0.2) is 17.5 Å². The first-order valence-electron chi connectivity index (χ1n) is 20.6. The van der Waals surface area contributed by atoms with Crippen LogP contribution in [0.4, 0.5) is 0 Å². The highest BCUT2D eigenvalue weighted by Crippen LogP contribution is 2.51. The van der Waals surface area contributed by atoms with Crippen molar-refractivity contribution >= 4 is 33.5 Å². The number of para-hydroxylation sites is 1. The number of hydrogen-bond acceptors (Lipinski definition) is 3. The molecule has 0 N–H and O–H groups in total. The number of hydrogen-bond donors (Lipinski definition) is 0. The fourth-order valence-corrected chi connectivity index (χ4v) is 9.73. The van der Waals surface area contributed by atoms with Crippen molar-refractivity contribution in [2.45, 2.75) is 19.3 Å². The Morgan fingerprint density at radius 2 is 0.933 bits per heavy atom. The molecule has 0 fully saturated rings. The molecule has 2 aliphatic rings. The zero-order valence-corrected chi connectivity index (χ0v) is 33.3. The van der Waals surface area contributed by atoms with E-state index in [0.29, 0.717) is 17.5 Å². The van der Waals surface area contributed by atoms with Crippen LogP contribution < -0.4 is 0 Å². The maximum atomic E-state index is 5.16. The Labute approximate surface area is 348 Å². The molecule has 0 atom stereocenters. The van der Waals surface area contributed by atoms with Gasteiger partial charge in [-0.15, -0.1) is 0 Å². The van der Waals surface area contributed by atoms with Gasteiger partial charge in [-0.2, -0.15) is 0 Å². The zero-order valence-electron chi connectivity index (χ0n) is 33.3. The van der Waals surface area contributed by atoms with Gasteiger partial charge in [0, 0.05) is 32.9 Å². The minimum Gasteiger partial charge on any atom is -0.309 e. The van der Waals surface area contributed by atoms with Crippen molar-refractivity contribution in [2.75, 3.05) is 0 Å². The Balaban J connectivity index is 1.14. The van der Waals surface area contributed by atoms with E-state index in [1.54, 1.807) is 0 Å². The SMILES string of the molecule is CC1(C)c2ccccc2-c2cc3c4ccccc4n(-c4ccc(-c5nc(-c6ccccc6)nc(-c6ccccc6)n5)cc4C=C4c5ccccc5-c5ccccc54)c3cc21. The Hall–Kier alpha value is -7.69. The molecule has 0 radical (unpaired) electrons. The van der Waals surface area contributed by atoms with Gasteiger partial charge in [-0.05, 0) is 98.1 Å². The van der Waals surface area contributed by atoms with Crippen molar-refractivity contribution in [1.29, 1.82) is 0 Å². The van der Waals surface area contributed by atoms with Crippen LogP contribution >= 0.6 is 0 Å². The quantitative estimate of drug-likeness (QED) is 0.175. The number of rotatable bonds is 5. The second-order valence-corrected chi connectivity index (χ2v) is 16.4. The van der Waals surface area contributed by atoms with Crippen molar-refractivity contribution in [3.63, 3.8) is 0 Å². The molecule has 4 nitrogen and oxygen atoms in total. The van der Waals surface area contributed by atoms with Crippen molar-refractivity contribution in [3.05, 3.63) is 216 Å². The first kappa shape index (κ1) is 34.4. The van der Waals surface area contributed by atoms with Crippen LogP contribution in [0.3, 0.4) is 0 Å². The molecule has 2 aliphatic carbocycles. The summed E-state index contributed by atoms with van der Waals surface area (Å²) >= 11 is 0. The predicted molar refractivity (Wildman–Crippen MR) is 247 cm³/mol. The summed E-state index contributed by atoms with van der Waals surface area (Å²) in [5.41, 5.74) is 18.7. The summed E-state index contributed by atoms with van der Waals surface area (Å²) in [6.45, 7) is 4.72. The van der Waals surface area contributed by atoms with Crippen molar-refractivity contribution in [2.24, 2.45) is 0 Å². The van der Waals surface area contributed by atoms with Crippen LogP contribution in [0.1, 0.15) is 41.7 Å². The number of aromatic nitrogens is 4. The van der Waals surface area contributed by atoms with E-state index in [4.69, 9.17) is 15.0 Å². The summed E-state index contributed by atoms with van der Waals surface area (Å²) in [5, 5.41) is 2.47. The van der Waals surface area contributed by atoms with E-state index in [9.17, 15) is 0 Å². The third-order valence-corrected chi connectivity index (χ3v) is 12.6. The first-order valence-corrected chi connectivity index (χ1v) is 20.6. The molecule has 0 amide bonds. The summed E-state index contributed by atoms with van der Waals surface area (Å²) in [5.74, 6) is 1.91. The molecule has 60 heavy (non-hydrogen) atoms. The summed E-state index contributed by atoms with van der Waals surface area (Å²) in [6.07, 6.45) is 2.38. The van der Waals surface area contributed by atoms with E-state index >= 15 is 0 Å². The second kappa shape index (κ2) is 13.2. The topological polar surface area (TPSA) is 43.6 Å². The minimum absolute atomic E-state index is 0.140. The van der Waals surface area contributed by atoms with Gasteiger partial charge in [-0.3, -0.25) is 0 Å². The highest BCUT2D eigenvalue weighted by atomic mass is 15.0. The standard InChI is InChI=1S/C56H38N4/c1-56(2)48-27-15-13-25-43(48)46-33-47-44-26-14-16-28-51(44)60(52(47)34-49(46)56)50-30-29-37(31-38(50)32-45-41-23-11-9-21-39(41)40-22-10-12-24-42(40)45)55-58-53(35-17-5-3-6-18-35)57-54(59-55)36-19-7-4-8-20-36/h3-34H,1-2H3. The molecule has 12 rings (SSSR count). The fourth-order valence-electron chi connectivity index (χ4n) is 9.73. The second-order valence-electron chi connectivity index (χ2n) is 16.4. The van der Waals surface area contributed by atoms with Crippen molar-refractivity contribution in [3.8, 4) is 62.1 Å². The molecule has 2 aromatic heterocycles. The van der Waals surface area contributed by atoms with Crippen LogP contribution in [-0.2, 0) is 5.41 Å². The summed E-state index contributed by atoms with van der Waals surface area (Å²) in [7, 11) is 0. The van der Waals surface area contributed by atoms with Crippen molar-refractivity contribution in [1.82, 2.24) is 19.5 Å². The lowest BCUT2D eigenvalue weighted by atomic mass is 9.82. The van der Waals surface area contributed by atoms with Gasteiger partial charge >= 0.3 is 0 Å². The van der Waals surface area contributed by atoms with Crippen LogP contribution in [-0.4, -0.2) is 19.5 Å². The van der Waals surface area contributed by atoms with Crippen molar-refractivity contribution < 1.29 is 0 Å².